The number of nitrogens with zero attached hydrogens (tertiary/aromatic N) is 2. The SMILES string of the molecule is O=C(Nc1nc2ccc(O)cc2s1)c1ccc([18F])cn1. The van der Waals surface area contributed by atoms with Crippen molar-refractivity contribution < 1.29 is 14.3 Å². The molecule has 0 aliphatic carbocycles. The molecule has 3 rings (SSSR count). The van der Waals surface area contributed by atoms with E-state index in [-0.39, 0.29) is 11.4 Å². The van der Waals surface area contributed by atoms with Crippen LogP contribution in [0.15, 0.2) is 36.5 Å². The van der Waals surface area contributed by atoms with E-state index in [0.29, 0.717) is 10.6 Å². The van der Waals surface area contributed by atoms with Crippen molar-refractivity contribution in [3.8, 4) is 5.75 Å². The molecule has 0 spiro atoms. The van der Waals surface area contributed by atoms with Gasteiger partial charge in [0.15, 0.2) is 5.13 Å². The average molecular weight is 288 g/mol. The zero-order chi connectivity index (χ0) is 14.1. The molecule has 0 fully saturated rings. The van der Waals surface area contributed by atoms with Gasteiger partial charge in [-0.2, -0.15) is 0 Å². The number of aromatic nitrogens is 2. The summed E-state index contributed by atoms with van der Waals surface area (Å²) >= 11 is 1.23. The summed E-state index contributed by atoms with van der Waals surface area (Å²) in [5.74, 6) is -0.829. The predicted octanol–water partition coefficient (Wildman–Crippen LogP) is 2.79. The van der Waals surface area contributed by atoms with Crippen molar-refractivity contribution in [1.29, 1.82) is 0 Å². The van der Waals surface area contributed by atoms with Crippen LogP contribution in [0.25, 0.3) is 10.2 Å². The van der Waals surface area contributed by atoms with Crippen molar-refractivity contribution in [2.45, 2.75) is 0 Å². The first-order valence-electron chi connectivity index (χ1n) is 5.64. The number of thiazole rings is 1. The van der Waals surface area contributed by atoms with Crippen LogP contribution in [-0.2, 0) is 0 Å². The highest BCUT2D eigenvalue weighted by atomic mass is 32.1. The minimum Gasteiger partial charge on any atom is -0.508 e. The number of pyridine rings is 1. The monoisotopic (exact) mass is 288 g/mol. The maximum atomic E-state index is 12.7. The van der Waals surface area contributed by atoms with Crippen molar-refractivity contribution in [2.75, 3.05) is 5.32 Å². The van der Waals surface area contributed by atoms with Crippen LogP contribution < -0.4 is 5.32 Å². The summed E-state index contributed by atoms with van der Waals surface area (Å²) in [5, 5.41) is 12.4. The van der Waals surface area contributed by atoms with Crippen molar-refractivity contribution in [2.24, 2.45) is 0 Å². The highest BCUT2D eigenvalue weighted by Gasteiger charge is 2.11. The lowest BCUT2D eigenvalue weighted by Gasteiger charge is -1.99. The van der Waals surface area contributed by atoms with E-state index in [2.05, 4.69) is 15.3 Å². The fourth-order valence-electron chi connectivity index (χ4n) is 1.64. The molecular weight excluding hydrogens is 280 g/mol. The quantitative estimate of drug-likeness (QED) is 0.760. The van der Waals surface area contributed by atoms with Crippen LogP contribution in [0, 0.1) is 5.82 Å². The van der Waals surface area contributed by atoms with E-state index in [4.69, 9.17) is 0 Å². The van der Waals surface area contributed by atoms with Crippen molar-refractivity contribution in [3.63, 3.8) is 0 Å². The Balaban J connectivity index is 1.85. The summed E-state index contributed by atoms with van der Waals surface area (Å²) in [7, 11) is 0. The number of benzene rings is 1. The number of hydrogen-bond donors (Lipinski definition) is 2. The number of phenols is 1. The molecular formula is C13H8FN3O2S. The van der Waals surface area contributed by atoms with E-state index >= 15 is 0 Å². The van der Waals surface area contributed by atoms with E-state index in [1.165, 1.54) is 23.5 Å². The molecule has 0 aliphatic rings. The molecule has 0 bridgehead atoms. The van der Waals surface area contributed by atoms with Gasteiger partial charge >= 0.3 is 0 Å². The highest BCUT2D eigenvalue weighted by molar-refractivity contribution is 7.22. The Kier molecular flexibility index (Phi) is 3.03. The minimum atomic E-state index is -0.503. The summed E-state index contributed by atoms with van der Waals surface area (Å²) in [4.78, 5) is 19.8. The third kappa shape index (κ3) is 2.43. The number of halogens is 1. The van der Waals surface area contributed by atoms with Gasteiger partial charge in [0, 0.05) is 0 Å². The van der Waals surface area contributed by atoms with Gasteiger partial charge in [0.2, 0.25) is 0 Å². The molecule has 0 radical (unpaired) electrons. The molecule has 100 valence electrons. The van der Waals surface area contributed by atoms with Crippen molar-refractivity contribution >= 4 is 32.6 Å². The molecule has 3 aromatic rings. The van der Waals surface area contributed by atoms with Gasteiger partial charge < -0.3 is 5.11 Å². The van der Waals surface area contributed by atoms with Gasteiger partial charge in [-0.3, -0.25) is 10.1 Å². The smallest absolute Gasteiger partial charge is 0.276 e. The number of carbonyl (C=O) groups excluding carboxylic acids is 1. The Labute approximate surface area is 116 Å². The van der Waals surface area contributed by atoms with Gasteiger partial charge in [0.05, 0.1) is 16.4 Å². The largest absolute Gasteiger partial charge is 0.508 e. The summed E-state index contributed by atoms with van der Waals surface area (Å²) in [6, 6.07) is 7.21. The Morgan fingerprint density at radius 2 is 2.15 bits per heavy atom. The lowest BCUT2D eigenvalue weighted by atomic mass is 10.3. The van der Waals surface area contributed by atoms with Crippen LogP contribution in [-0.4, -0.2) is 21.0 Å². The third-order valence-electron chi connectivity index (χ3n) is 2.55. The number of fused-ring (bicyclic) bond motifs is 1. The number of hydrogen-bond acceptors (Lipinski definition) is 5. The number of carbonyl (C=O) groups is 1. The first kappa shape index (κ1) is 12.5. The molecule has 0 atom stereocenters. The van der Waals surface area contributed by atoms with E-state index in [9.17, 15) is 14.3 Å². The van der Waals surface area contributed by atoms with E-state index < -0.39 is 11.7 Å². The molecule has 20 heavy (non-hydrogen) atoms. The first-order chi connectivity index (χ1) is 9.61. The third-order valence-corrected chi connectivity index (χ3v) is 3.49. The second-order valence-electron chi connectivity index (χ2n) is 3.99. The topological polar surface area (TPSA) is 75.1 Å². The molecule has 2 N–H and O–H groups in total. The number of rotatable bonds is 2. The second kappa shape index (κ2) is 4.86. The Hall–Kier alpha value is -2.54. The van der Waals surface area contributed by atoms with Crippen molar-refractivity contribution in [3.05, 3.63) is 48.0 Å². The van der Waals surface area contributed by atoms with Gasteiger partial charge in [0.25, 0.3) is 5.91 Å². The van der Waals surface area contributed by atoms with Gasteiger partial charge in [-0.1, -0.05) is 11.3 Å². The molecule has 1 aromatic carbocycles. The van der Waals surface area contributed by atoms with Crippen LogP contribution >= 0.6 is 11.3 Å². The number of amides is 1. The minimum absolute atomic E-state index is 0.105. The van der Waals surface area contributed by atoms with Crippen LogP contribution in [0.3, 0.4) is 0 Å². The summed E-state index contributed by atoms with van der Waals surface area (Å²) in [5.41, 5.74) is 0.781. The van der Waals surface area contributed by atoms with Crippen molar-refractivity contribution in [1.82, 2.24) is 9.97 Å². The Bertz CT molecular complexity index is 786. The van der Waals surface area contributed by atoms with E-state index in [0.717, 1.165) is 17.0 Å². The number of phenolic OH excluding ortho intramolecular Hbond substituents is 1. The Morgan fingerprint density at radius 3 is 2.90 bits per heavy atom. The summed E-state index contributed by atoms with van der Waals surface area (Å²) in [6.07, 6.45) is 0.977. The zero-order valence-electron chi connectivity index (χ0n) is 10.0. The fraction of sp³-hybridized carbons (Fsp3) is 0. The predicted molar refractivity (Wildman–Crippen MR) is 73.4 cm³/mol. The molecule has 2 heterocycles. The van der Waals surface area contributed by atoms with Gasteiger partial charge in [-0.25, -0.2) is 14.4 Å². The number of nitrogens with one attached hydrogen (secondary N) is 1. The molecule has 1 amide bonds. The molecule has 5 nitrogen and oxygen atoms in total. The fourth-order valence-corrected chi connectivity index (χ4v) is 2.53. The maximum Gasteiger partial charge on any atom is 0.276 e. The lowest BCUT2D eigenvalue weighted by Crippen LogP contribution is -2.13. The van der Waals surface area contributed by atoms with Crippen LogP contribution in [0.4, 0.5) is 9.52 Å². The number of aromatic hydroxyl groups is 1. The first-order valence-corrected chi connectivity index (χ1v) is 6.46. The summed E-state index contributed by atoms with van der Waals surface area (Å²) in [6.45, 7) is 0. The van der Waals surface area contributed by atoms with Crippen LogP contribution in [0.5, 0.6) is 5.75 Å². The van der Waals surface area contributed by atoms with Gasteiger partial charge in [0.1, 0.15) is 17.3 Å². The normalized spacial score (nSPS) is 10.7. The van der Waals surface area contributed by atoms with Gasteiger partial charge in [-0.05, 0) is 30.3 Å². The highest BCUT2D eigenvalue weighted by Crippen LogP contribution is 2.28. The molecule has 0 saturated carbocycles. The maximum absolute atomic E-state index is 12.7. The molecule has 0 aliphatic heterocycles. The zero-order valence-corrected chi connectivity index (χ0v) is 10.8. The molecule has 2 aromatic heterocycles. The van der Waals surface area contributed by atoms with Crippen LogP contribution in [0.2, 0.25) is 0 Å². The van der Waals surface area contributed by atoms with E-state index in [1.54, 1.807) is 12.1 Å². The lowest BCUT2D eigenvalue weighted by molar-refractivity contribution is 0.102. The Morgan fingerprint density at radius 1 is 1.30 bits per heavy atom. The molecule has 7 heteroatoms. The molecule has 0 unspecified atom stereocenters. The average Bonchev–Trinajstić information content (AvgIpc) is 2.80. The van der Waals surface area contributed by atoms with Gasteiger partial charge in [-0.15, -0.1) is 0 Å². The summed E-state index contributed by atoms with van der Waals surface area (Å²) < 4.78 is 13.5. The van der Waals surface area contributed by atoms with E-state index in [1.807, 2.05) is 0 Å². The van der Waals surface area contributed by atoms with Crippen LogP contribution in [0.1, 0.15) is 10.5 Å². The number of anilines is 1. The standard InChI is InChI=1S/C13H8FN3O2S/c14-7-1-3-10(15-6-7)12(19)17-13-16-9-4-2-8(18)5-11(9)20-13/h1-6,18H,(H,16,17,19)/i14-1. The molecule has 0 saturated heterocycles. The second-order valence-corrected chi connectivity index (χ2v) is 5.02.